The molecule has 25 heavy (non-hydrogen) atoms. The molecule has 0 saturated carbocycles. The molecule has 1 atom stereocenters. The van der Waals surface area contributed by atoms with Gasteiger partial charge >= 0.3 is 0 Å². The molecule has 0 radical (unpaired) electrons. The normalized spacial score (nSPS) is 19.8. The van der Waals surface area contributed by atoms with Crippen molar-refractivity contribution in [2.75, 3.05) is 31.6 Å². The van der Waals surface area contributed by atoms with Gasteiger partial charge in [0.15, 0.2) is 6.61 Å². The van der Waals surface area contributed by atoms with Crippen LogP contribution in [0.15, 0.2) is 30.6 Å². The number of aryl methyl sites for hydroxylation is 1. The van der Waals surface area contributed by atoms with Crippen molar-refractivity contribution in [3.63, 3.8) is 0 Å². The molecule has 130 valence electrons. The minimum absolute atomic E-state index is 0.0336. The van der Waals surface area contributed by atoms with Gasteiger partial charge in [-0.15, -0.1) is 0 Å². The van der Waals surface area contributed by atoms with Crippen molar-refractivity contribution in [1.29, 1.82) is 0 Å². The Hall–Kier alpha value is -2.87. The molecule has 8 heteroatoms. The lowest BCUT2D eigenvalue weighted by molar-refractivity contribution is -0.118. The van der Waals surface area contributed by atoms with Crippen LogP contribution in [0.4, 0.5) is 5.69 Å². The van der Waals surface area contributed by atoms with Gasteiger partial charge in [0.05, 0.1) is 5.69 Å². The molecule has 2 aliphatic rings. The van der Waals surface area contributed by atoms with E-state index in [1.165, 1.54) is 0 Å². The van der Waals surface area contributed by atoms with E-state index in [-0.39, 0.29) is 24.5 Å². The predicted octanol–water partition coefficient (Wildman–Crippen LogP) is 0.538. The Morgan fingerprint density at radius 2 is 2.28 bits per heavy atom. The molecule has 1 aromatic carbocycles. The van der Waals surface area contributed by atoms with Crippen LogP contribution in [0.3, 0.4) is 0 Å². The van der Waals surface area contributed by atoms with Crippen molar-refractivity contribution >= 4 is 17.5 Å². The molecule has 1 saturated heterocycles. The Morgan fingerprint density at radius 3 is 3.08 bits per heavy atom. The number of hydrogen-bond acceptors (Lipinski definition) is 5. The van der Waals surface area contributed by atoms with Crippen LogP contribution in [0, 0.1) is 0 Å². The summed E-state index contributed by atoms with van der Waals surface area (Å²) in [7, 11) is 1.93. The third kappa shape index (κ3) is 2.85. The van der Waals surface area contributed by atoms with E-state index in [9.17, 15) is 9.59 Å². The highest BCUT2D eigenvalue weighted by Gasteiger charge is 2.31. The van der Waals surface area contributed by atoms with Gasteiger partial charge in [0.2, 0.25) is 0 Å². The summed E-state index contributed by atoms with van der Waals surface area (Å²) in [6, 6.07) is 4.98. The number of benzene rings is 1. The largest absolute Gasteiger partial charge is 0.482 e. The third-order valence-corrected chi connectivity index (χ3v) is 4.52. The van der Waals surface area contributed by atoms with Gasteiger partial charge in [0.1, 0.15) is 17.6 Å². The van der Waals surface area contributed by atoms with Gasteiger partial charge in [-0.1, -0.05) is 0 Å². The summed E-state index contributed by atoms with van der Waals surface area (Å²) < 4.78 is 7.35. The van der Waals surface area contributed by atoms with Crippen molar-refractivity contribution in [3.05, 3.63) is 42.0 Å². The number of nitrogens with one attached hydrogen (secondary N) is 2. The van der Waals surface area contributed by atoms with Crippen LogP contribution in [-0.2, 0) is 11.8 Å². The van der Waals surface area contributed by atoms with Gasteiger partial charge in [-0.05, 0) is 18.2 Å². The molecular weight excluding hydrogens is 322 g/mol. The van der Waals surface area contributed by atoms with Gasteiger partial charge in [-0.2, -0.15) is 0 Å². The molecule has 4 rings (SSSR count). The van der Waals surface area contributed by atoms with Crippen LogP contribution in [-0.4, -0.2) is 52.5 Å². The van der Waals surface area contributed by atoms with Crippen LogP contribution in [0.5, 0.6) is 5.75 Å². The van der Waals surface area contributed by atoms with E-state index < -0.39 is 0 Å². The van der Waals surface area contributed by atoms with Crippen LogP contribution in [0.25, 0.3) is 0 Å². The molecule has 0 spiro atoms. The first-order valence-electron chi connectivity index (χ1n) is 8.19. The lowest BCUT2D eigenvalue weighted by Crippen LogP contribution is -2.49. The minimum atomic E-state index is -0.191. The van der Waals surface area contributed by atoms with Crippen LogP contribution >= 0.6 is 0 Å². The maximum Gasteiger partial charge on any atom is 0.262 e. The highest BCUT2D eigenvalue weighted by Crippen LogP contribution is 2.30. The van der Waals surface area contributed by atoms with Gasteiger partial charge in [-0.3, -0.25) is 9.59 Å². The quantitative estimate of drug-likeness (QED) is 0.832. The summed E-state index contributed by atoms with van der Waals surface area (Å²) in [5, 5.41) is 6.05. The highest BCUT2D eigenvalue weighted by atomic mass is 16.5. The van der Waals surface area contributed by atoms with Crippen LogP contribution in [0.1, 0.15) is 22.2 Å². The second-order valence-electron chi connectivity index (χ2n) is 6.16. The lowest BCUT2D eigenvalue weighted by Gasteiger charge is -2.36. The fourth-order valence-electron chi connectivity index (χ4n) is 3.25. The monoisotopic (exact) mass is 341 g/mol. The number of ether oxygens (including phenoxy) is 1. The van der Waals surface area contributed by atoms with Gasteiger partial charge in [0.25, 0.3) is 11.8 Å². The molecule has 8 nitrogen and oxygen atoms in total. The second-order valence-corrected chi connectivity index (χ2v) is 6.16. The van der Waals surface area contributed by atoms with E-state index in [4.69, 9.17) is 4.74 Å². The van der Waals surface area contributed by atoms with E-state index in [1.54, 1.807) is 24.4 Å². The number of carbonyl (C=O) groups is 2. The first kappa shape index (κ1) is 15.6. The summed E-state index contributed by atoms with van der Waals surface area (Å²) in [5.74, 6) is 1.11. The average Bonchev–Trinajstić information content (AvgIpc) is 3.06. The maximum absolute atomic E-state index is 13.1. The van der Waals surface area contributed by atoms with E-state index in [0.29, 0.717) is 30.1 Å². The molecular formula is C17H19N5O3. The topological polar surface area (TPSA) is 88.5 Å². The predicted molar refractivity (Wildman–Crippen MR) is 90.4 cm³/mol. The molecule has 2 aliphatic heterocycles. The standard InChI is InChI=1S/C17H19N5O3/c1-21-6-5-19-16(21)13-9-18-4-7-22(13)17(24)11-2-3-12-14(8-11)25-10-15(23)20-12/h2-3,5-6,8,13,18H,4,7,9-10H2,1H3,(H,20,23). The average molecular weight is 341 g/mol. The van der Waals surface area contributed by atoms with E-state index in [0.717, 1.165) is 12.4 Å². The van der Waals surface area contributed by atoms with Crippen LogP contribution < -0.4 is 15.4 Å². The zero-order chi connectivity index (χ0) is 17.4. The molecule has 0 bridgehead atoms. The summed E-state index contributed by atoms with van der Waals surface area (Å²) in [4.78, 5) is 30.7. The number of amides is 2. The third-order valence-electron chi connectivity index (χ3n) is 4.52. The summed E-state index contributed by atoms with van der Waals surface area (Å²) in [6.45, 7) is 1.97. The number of anilines is 1. The van der Waals surface area contributed by atoms with Crippen molar-refractivity contribution in [1.82, 2.24) is 19.8 Å². The SMILES string of the molecule is Cn1ccnc1C1CNCCN1C(=O)c1ccc2c(c1)OCC(=O)N2. The maximum atomic E-state index is 13.1. The minimum Gasteiger partial charge on any atom is -0.482 e. The Morgan fingerprint density at radius 1 is 1.40 bits per heavy atom. The van der Waals surface area contributed by atoms with E-state index >= 15 is 0 Å². The van der Waals surface area contributed by atoms with Crippen molar-refractivity contribution in [3.8, 4) is 5.75 Å². The molecule has 2 aromatic rings. The second kappa shape index (κ2) is 6.21. The van der Waals surface area contributed by atoms with Gasteiger partial charge in [-0.25, -0.2) is 4.98 Å². The Kier molecular flexibility index (Phi) is 3.89. The number of fused-ring (bicyclic) bond motifs is 1. The molecule has 0 aliphatic carbocycles. The zero-order valence-electron chi connectivity index (χ0n) is 13.9. The first-order valence-corrected chi connectivity index (χ1v) is 8.19. The number of hydrogen-bond donors (Lipinski definition) is 2. The Labute approximate surface area is 144 Å². The number of imidazole rings is 1. The summed E-state index contributed by atoms with van der Waals surface area (Å²) in [5.41, 5.74) is 1.13. The number of rotatable bonds is 2. The van der Waals surface area contributed by atoms with E-state index in [2.05, 4.69) is 15.6 Å². The summed E-state index contributed by atoms with van der Waals surface area (Å²) >= 11 is 0. The molecule has 1 aromatic heterocycles. The highest BCUT2D eigenvalue weighted by molar-refractivity contribution is 5.99. The Bertz CT molecular complexity index is 831. The van der Waals surface area contributed by atoms with Crippen molar-refractivity contribution in [2.24, 2.45) is 7.05 Å². The smallest absolute Gasteiger partial charge is 0.262 e. The zero-order valence-corrected chi connectivity index (χ0v) is 13.9. The summed E-state index contributed by atoms with van der Waals surface area (Å²) in [6.07, 6.45) is 3.62. The fourth-order valence-corrected chi connectivity index (χ4v) is 3.25. The van der Waals surface area contributed by atoms with Crippen molar-refractivity contribution in [2.45, 2.75) is 6.04 Å². The fraction of sp³-hybridized carbons (Fsp3) is 0.353. The molecule has 2 N–H and O–H groups in total. The number of aromatic nitrogens is 2. The molecule has 3 heterocycles. The first-order chi connectivity index (χ1) is 12.1. The lowest BCUT2D eigenvalue weighted by atomic mass is 10.1. The molecule has 1 fully saturated rings. The van der Waals surface area contributed by atoms with E-state index in [1.807, 2.05) is 22.7 Å². The number of nitrogens with zero attached hydrogens (tertiary/aromatic N) is 3. The van der Waals surface area contributed by atoms with Crippen LogP contribution in [0.2, 0.25) is 0 Å². The number of carbonyl (C=O) groups excluding carboxylic acids is 2. The van der Waals surface area contributed by atoms with Crippen molar-refractivity contribution < 1.29 is 14.3 Å². The van der Waals surface area contributed by atoms with Gasteiger partial charge < -0.3 is 24.8 Å². The molecule has 1 unspecified atom stereocenters. The number of piperazine rings is 1. The van der Waals surface area contributed by atoms with Gasteiger partial charge in [0, 0.05) is 44.6 Å². The Balaban J connectivity index is 1.63. The molecule has 2 amide bonds.